The van der Waals surface area contributed by atoms with Gasteiger partial charge in [-0.05, 0) is 29.9 Å². The molecule has 1 aromatic heterocycles. The van der Waals surface area contributed by atoms with E-state index in [1.807, 2.05) is 35.7 Å². The van der Waals surface area contributed by atoms with Crippen LogP contribution < -0.4 is 0 Å². The highest BCUT2D eigenvalue weighted by atomic mass is 32.1. The number of aliphatic hydroxyl groups excluding tert-OH is 1. The molecule has 0 bridgehead atoms. The second kappa shape index (κ2) is 7.05. The summed E-state index contributed by atoms with van der Waals surface area (Å²) in [7, 11) is 0. The molecule has 1 aromatic carbocycles. The van der Waals surface area contributed by atoms with Crippen molar-refractivity contribution in [2.45, 2.75) is 25.0 Å². The molecule has 2 aromatic rings. The fourth-order valence-electron chi connectivity index (χ4n) is 3.60. The summed E-state index contributed by atoms with van der Waals surface area (Å²) in [5, 5.41) is 12.3. The predicted molar refractivity (Wildman–Crippen MR) is 98.2 cm³/mol. The van der Waals surface area contributed by atoms with Crippen LogP contribution in [0.4, 0.5) is 0 Å². The number of hydrogen-bond acceptors (Lipinski definition) is 5. The molecule has 2 aliphatic rings. The first-order valence-corrected chi connectivity index (χ1v) is 9.53. The van der Waals surface area contributed by atoms with Crippen LogP contribution in [-0.2, 0) is 9.53 Å². The largest absolute Gasteiger partial charge is 0.503 e. The molecule has 0 saturated carbocycles. The molecule has 3 heterocycles. The van der Waals surface area contributed by atoms with Gasteiger partial charge >= 0.3 is 0 Å². The Balaban J connectivity index is 1.74. The molecule has 2 atom stereocenters. The number of rotatable bonds is 5. The second-order valence-electron chi connectivity index (χ2n) is 6.47. The first kappa shape index (κ1) is 17.0. The van der Waals surface area contributed by atoms with Crippen molar-refractivity contribution >= 4 is 23.0 Å². The van der Waals surface area contributed by atoms with Crippen molar-refractivity contribution < 1.29 is 19.4 Å². The molecule has 6 heteroatoms. The van der Waals surface area contributed by atoms with Crippen LogP contribution in [0.25, 0.3) is 0 Å². The Labute approximate surface area is 155 Å². The third-order valence-corrected chi connectivity index (χ3v) is 5.70. The van der Waals surface area contributed by atoms with Crippen LogP contribution >= 0.6 is 11.3 Å². The van der Waals surface area contributed by atoms with Gasteiger partial charge in [0.05, 0.1) is 22.6 Å². The number of carbonyl (C=O) groups is 2. The molecule has 4 rings (SSSR count). The average Bonchev–Trinajstić information content (AvgIpc) is 3.40. The van der Waals surface area contributed by atoms with Gasteiger partial charge in [-0.15, -0.1) is 11.3 Å². The minimum Gasteiger partial charge on any atom is -0.503 e. The Morgan fingerprint density at radius 2 is 2.04 bits per heavy atom. The zero-order valence-electron chi connectivity index (χ0n) is 14.1. The number of carbonyl (C=O) groups excluding carboxylic acids is 2. The van der Waals surface area contributed by atoms with Gasteiger partial charge in [-0.1, -0.05) is 36.4 Å². The number of ketones is 1. The van der Waals surface area contributed by atoms with Gasteiger partial charge in [-0.25, -0.2) is 0 Å². The molecule has 0 spiro atoms. The van der Waals surface area contributed by atoms with Crippen molar-refractivity contribution in [1.82, 2.24) is 4.90 Å². The van der Waals surface area contributed by atoms with Gasteiger partial charge in [0.1, 0.15) is 0 Å². The monoisotopic (exact) mass is 369 g/mol. The molecule has 0 aliphatic carbocycles. The lowest BCUT2D eigenvalue weighted by Gasteiger charge is -2.28. The molecule has 5 nitrogen and oxygen atoms in total. The van der Waals surface area contributed by atoms with Crippen LogP contribution in [0.5, 0.6) is 0 Å². The Kier molecular flexibility index (Phi) is 4.61. The predicted octanol–water partition coefficient (Wildman–Crippen LogP) is 3.51. The summed E-state index contributed by atoms with van der Waals surface area (Å²) in [6.45, 7) is 1.05. The Hall–Kier alpha value is -2.44. The Bertz CT molecular complexity index is 838. The van der Waals surface area contributed by atoms with Crippen LogP contribution in [0, 0.1) is 0 Å². The van der Waals surface area contributed by atoms with E-state index in [1.165, 1.54) is 11.3 Å². The Morgan fingerprint density at radius 1 is 1.23 bits per heavy atom. The van der Waals surface area contributed by atoms with Crippen molar-refractivity contribution in [2.75, 3.05) is 13.2 Å². The van der Waals surface area contributed by atoms with Gasteiger partial charge in [0.15, 0.2) is 5.76 Å². The molecule has 1 N–H and O–H groups in total. The minimum absolute atomic E-state index is 0.0610. The van der Waals surface area contributed by atoms with E-state index in [2.05, 4.69) is 0 Å². The van der Waals surface area contributed by atoms with Gasteiger partial charge in [0.25, 0.3) is 5.91 Å². The van der Waals surface area contributed by atoms with E-state index in [-0.39, 0.29) is 17.5 Å². The smallest absolute Gasteiger partial charge is 0.290 e. The second-order valence-corrected chi connectivity index (χ2v) is 7.42. The summed E-state index contributed by atoms with van der Waals surface area (Å²) in [5.74, 6) is -1.25. The standard InChI is InChI=1S/C20H19NO4S/c22-18(15-9-5-11-26-15)16-17(13-6-2-1-3-7-13)21(20(24)19(16)23)12-14-8-4-10-25-14/h1-3,5-7,9,11,14,17,23H,4,8,10,12H2/t14-,17+/m0/s1. The molecule has 0 radical (unpaired) electrons. The van der Waals surface area contributed by atoms with E-state index >= 15 is 0 Å². The lowest BCUT2D eigenvalue weighted by molar-refractivity contribution is -0.131. The van der Waals surface area contributed by atoms with Crippen molar-refractivity contribution in [2.24, 2.45) is 0 Å². The number of benzene rings is 1. The van der Waals surface area contributed by atoms with Gasteiger partial charge < -0.3 is 14.7 Å². The molecule has 1 saturated heterocycles. The van der Waals surface area contributed by atoms with Gasteiger partial charge in [0, 0.05) is 13.2 Å². The summed E-state index contributed by atoms with van der Waals surface area (Å²) in [6.07, 6.45) is 1.78. The maximum Gasteiger partial charge on any atom is 0.290 e. The molecular formula is C20H19NO4S. The van der Waals surface area contributed by atoms with Crippen molar-refractivity contribution in [1.29, 1.82) is 0 Å². The summed E-state index contributed by atoms with van der Waals surface area (Å²) < 4.78 is 5.67. The molecule has 134 valence electrons. The van der Waals surface area contributed by atoms with Crippen LogP contribution in [0.2, 0.25) is 0 Å². The van der Waals surface area contributed by atoms with E-state index in [9.17, 15) is 14.7 Å². The number of aliphatic hydroxyl groups is 1. The van der Waals surface area contributed by atoms with Crippen molar-refractivity contribution in [3.8, 4) is 0 Å². The first-order chi connectivity index (χ1) is 12.7. The SMILES string of the molecule is O=C(C1=C(O)C(=O)N(C[C@@H]2CCCO2)[C@@H]1c1ccccc1)c1cccs1. The molecule has 1 fully saturated rings. The van der Waals surface area contributed by atoms with Gasteiger partial charge in [0.2, 0.25) is 5.78 Å². The first-order valence-electron chi connectivity index (χ1n) is 8.65. The Morgan fingerprint density at radius 3 is 2.69 bits per heavy atom. The minimum atomic E-state index is -0.595. The topological polar surface area (TPSA) is 66.8 Å². The number of nitrogens with zero attached hydrogens (tertiary/aromatic N) is 1. The fraction of sp³-hybridized carbons (Fsp3) is 0.300. The lowest BCUT2D eigenvalue weighted by atomic mass is 9.95. The summed E-state index contributed by atoms with van der Waals surface area (Å²) >= 11 is 1.30. The van der Waals surface area contributed by atoms with Crippen LogP contribution in [0.3, 0.4) is 0 Å². The number of hydrogen-bond donors (Lipinski definition) is 1. The number of amides is 1. The number of thiophene rings is 1. The lowest BCUT2D eigenvalue weighted by Crippen LogP contribution is -2.37. The molecule has 0 unspecified atom stereocenters. The van der Waals surface area contributed by atoms with E-state index < -0.39 is 17.7 Å². The van der Waals surface area contributed by atoms with E-state index in [0.29, 0.717) is 18.0 Å². The van der Waals surface area contributed by atoms with Crippen molar-refractivity contribution in [3.63, 3.8) is 0 Å². The molecule has 2 aliphatic heterocycles. The van der Waals surface area contributed by atoms with Crippen LogP contribution in [0.15, 0.2) is 59.2 Å². The average molecular weight is 369 g/mol. The zero-order valence-corrected chi connectivity index (χ0v) is 14.9. The summed E-state index contributed by atoms with van der Waals surface area (Å²) in [5.41, 5.74) is 0.962. The molecule has 1 amide bonds. The third kappa shape index (κ3) is 2.95. The number of Topliss-reactive ketones (excluding diaryl/α,β-unsaturated/α-hetero) is 1. The maximum atomic E-state index is 13.0. The van der Waals surface area contributed by atoms with Gasteiger partial charge in [-0.2, -0.15) is 0 Å². The van der Waals surface area contributed by atoms with Crippen LogP contribution in [-0.4, -0.2) is 41.0 Å². The normalized spacial score (nSPS) is 23.1. The quantitative estimate of drug-likeness (QED) is 0.819. The van der Waals surface area contributed by atoms with E-state index in [4.69, 9.17) is 4.74 Å². The molecule has 26 heavy (non-hydrogen) atoms. The maximum absolute atomic E-state index is 13.0. The summed E-state index contributed by atoms with van der Waals surface area (Å²) in [4.78, 5) is 27.9. The van der Waals surface area contributed by atoms with Gasteiger partial charge in [-0.3, -0.25) is 9.59 Å². The highest BCUT2D eigenvalue weighted by Gasteiger charge is 2.44. The highest BCUT2D eigenvalue weighted by molar-refractivity contribution is 7.12. The zero-order chi connectivity index (χ0) is 18.1. The van der Waals surface area contributed by atoms with Crippen LogP contribution in [0.1, 0.15) is 34.1 Å². The number of ether oxygens (including phenoxy) is 1. The summed E-state index contributed by atoms with van der Waals surface area (Å²) in [6, 6.07) is 12.3. The van der Waals surface area contributed by atoms with Crippen molar-refractivity contribution in [3.05, 3.63) is 69.6 Å². The fourth-order valence-corrected chi connectivity index (χ4v) is 4.28. The highest BCUT2D eigenvalue weighted by Crippen LogP contribution is 2.40. The van der Waals surface area contributed by atoms with E-state index in [0.717, 1.165) is 18.4 Å². The third-order valence-electron chi connectivity index (χ3n) is 4.83. The van der Waals surface area contributed by atoms with E-state index in [1.54, 1.807) is 17.0 Å². The molecular weight excluding hydrogens is 350 g/mol.